The summed E-state index contributed by atoms with van der Waals surface area (Å²) in [6.45, 7) is 1.81. The van der Waals surface area contributed by atoms with Crippen molar-refractivity contribution >= 4 is 21.6 Å². The van der Waals surface area contributed by atoms with Crippen molar-refractivity contribution in [1.82, 2.24) is 0 Å². The molecule has 1 aliphatic rings. The van der Waals surface area contributed by atoms with E-state index in [9.17, 15) is 5.11 Å². The van der Waals surface area contributed by atoms with Crippen molar-refractivity contribution in [3.8, 4) is 11.5 Å². The summed E-state index contributed by atoms with van der Waals surface area (Å²) < 4.78 is 6.20. The van der Waals surface area contributed by atoms with E-state index in [4.69, 9.17) is 4.74 Å². The Balaban J connectivity index is 1.82. The maximum atomic E-state index is 9.85. The van der Waals surface area contributed by atoms with E-state index in [0.29, 0.717) is 5.75 Å². The normalized spacial score (nSPS) is 13.4. The second kappa shape index (κ2) is 5.37. The summed E-state index contributed by atoms with van der Waals surface area (Å²) in [5.74, 6) is 0.708. The summed E-state index contributed by atoms with van der Waals surface area (Å²) in [5.41, 5.74) is 3.74. The molecule has 0 saturated carbocycles. The minimum atomic E-state index is 0.195. The molecule has 0 amide bonds. The van der Waals surface area contributed by atoms with Crippen LogP contribution in [0.1, 0.15) is 11.1 Å². The topological polar surface area (TPSA) is 32.7 Å². The van der Waals surface area contributed by atoms with Crippen LogP contribution in [0.25, 0.3) is 0 Å². The summed E-state index contributed by atoms with van der Waals surface area (Å²) in [4.78, 5) is 2.34. The Hall–Kier alpha value is -1.68. The molecular weight excluding hydrogens is 318 g/mol. The lowest BCUT2D eigenvalue weighted by Gasteiger charge is -2.20. The fraction of sp³-hybridized carbons (Fsp3) is 0.250. The molecule has 3 nitrogen and oxygen atoms in total. The van der Waals surface area contributed by atoms with Gasteiger partial charge in [0.25, 0.3) is 0 Å². The van der Waals surface area contributed by atoms with E-state index < -0.39 is 0 Å². The number of rotatable bonds is 3. The van der Waals surface area contributed by atoms with Gasteiger partial charge < -0.3 is 14.7 Å². The predicted octanol–water partition coefficient (Wildman–Crippen LogP) is 3.73. The summed E-state index contributed by atoms with van der Waals surface area (Å²) in [6.07, 6.45) is 1.07. The number of halogens is 1. The second-order valence-corrected chi connectivity index (χ2v) is 5.87. The van der Waals surface area contributed by atoms with Gasteiger partial charge in [0.15, 0.2) is 11.5 Å². The van der Waals surface area contributed by atoms with Crippen molar-refractivity contribution < 1.29 is 9.84 Å². The summed E-state index contributed by atoms with van der Waals surface area (Å²) in [6, 6.07) is 12.0. The molecule has 20 heavy (non-hydrogen) atoms. The maximum absolute atomic E-state index is 9.85. The van der Waals surface area contributed by atoms with Crippen LogP contribution in [0.2, 0.25) is 0 Å². The summed E-state index contributed by atoms with van der Waals surface area (Å²) in [7, 11) is 1.56. The quantitative estimate of drug-likeness (QED) is 0.928. The number of hydrogen-bond donors (Lipinski definition) is 1. The summed E-state index contributed by atoms with van der Waals surface area (Å²) >= 11 is 3.51. The first kappa shape index (κ1) is 13.3. The van der Waals surface area contributed by atoms with E-state index in [1.54, 1.807) is 13.2 Å². The van der Waals surface area contributed by atoms with Crippen molar-refractivity contribution in [3.63, 3.8) is 0 Å². The van der Waals surface area contributed by atoms with Crippen LogP contribution in [0.4, 0.5) is 5.69 Å². The Labute approximate surface area is 126 Å². The smallest absolute Gasteiger partial charge is 0.160 e. The third-order valence-corrected chi connectivity index (χ3v) is 4.14. The zero-order chi connectivity index (χ0) is 14.1. The highest BCUT2D eigenvalue weighted by Gasteiger charge is 2.19. The molecule has 104 valence electrons. The van der Waals surface area contributed by atoms with E-state index in [2.05, 4.69) is 39.0 Å². The average molecular weight is 334 g/mol. The zero-order valence-corrected chi connectivity index (χ0v) is 12.9. The van der Waals surface area contributed by atoms with E-state index in [0.717, 1.165) is 29.5 Å². The van der Waals surface area contributed by atoms with Gasteiger partial charge in [0, 0.05) is 23.2 Å². The first-order valence-corrected chi connectivity index (χ1v) is 7.36. The van der Waals surface area contributed by atoms with E-state index in [1.807, 2.05) is 12.1 Å². The number of phenolic OH excluding ortho intramolecular Hbond substituents is 1. The third kappa shape index (κ3) is 2.48. The van der Waals surface area contributed by atoms with Crippen LogP contribution >= 0.6 is 15.9 Å². The fourth-order valence-corrected chi connectivity index (χ4v) is 3.07. The van der Waals surface area contributed by atoms with E-state index in [-0.39, 0.29) is 5.75 Å². The first-order chi connectivity index (χ1) is 9.67. The van der Waals surface area contributed by atoms with Gasteiger partial charge in [0.1, 0.15) is 0 Å². The molecule has 0 fully saturated rings. The molecule has 0 atom stereocenters. The van der Waals surface area contributed by atoms with Crippen molar-refractivity contribution in [1.29, 1.82) is 0 Å². The van der Waals surface area contributed by atoms with Crippen molar-refractivity contribution in [2.45, 2.75) is 13.0 Å². The van der Waals surface area contributed by atoms with Gasteiger partial charge in [0.2, 0.25) is 0 Å². The number of anilines is 1. The fourth-order valence-electron chi connectivity index (χ4n) is 2.66. The SMILES string of the molecule is COc1ccc(CN2CCc3cc(Br)ccc32)cc1O. The van der Waals surface area contributed by atoms with Crippen LogP contribution in [-0.4, -0.2) is 18.8 Å². The monoisotopic (exact) mass is 333 g/mol. The highest BCUT2D eigenvalue weighted by Crippen LogP contribution is 2.33. The number of fused-ring (bicyclic) bond motifs is 1. The molecule has 0 unspecified atom stereocenters. The number of nitrogens with zero attached hydrogens (tertiary/aromatic N) is 1. The van der Waals surface area contributed by atoms with Crippen molar-refractivity contribution in [2.75, 3.05) is 18.6 Å². The van der Waals surface area contributed by atoms with Crippen LogP contribution in [-0.2, 0) is 13.0 Å². The van der Waals surface area contributed by atoms with Gasteiger partial charge in [-0.3, -0.25) is 0 Å². The third-order valence-electron chi connectivity index (χ3n) is 3.65. The van der Waals surface area contributed by atoms with Gasteiger partial charge >= 0.3 is 0 Å². The van der Waals surface area contributed by atoms with Crippen molar-refractivity contribution in [3.05, 3.63) is 52.0 Å². The van der Waals surface area contributed by atoms with E-state index >= 15 is 0 Å². The van der Waals surface area contributed by atoms with Crippen LogP contribution in [0, 0.1) is 0 Å². The molecule has 1 aliphatic heterocycles. The molecule has 0 bridgehead atoms. The average Bonchev–Trinajstić information content (AvgIpc) is 2.81. The molecule has 3 rings (SSSR count). The molecule has 0 spiro atoms. The Bertz CT molecular complexity index is 642. The highest BCUT2D eigenvalue weighted by molar-refractivity contribution is 9.10. The van der Waals surface area contributed by atoms with Gasteiger partial charge in [-0.15, -0.1) is 0 Å². The number of phenols is 1. The number of methoxy groups -OCH3 is 1. The number of aromatic hydroxyl groups is 1. The first-order valence-electron chi connectivity index (χ1n) is 6.56. The predicted molar refractivity (Wildman–Crippen MR) is 83.6 cm³/mol. The van der Waals surface area contributed by atoms with Gasteiger partial charge in [0.05, 0.1) is 7.11 Å². The van der Waals surface area contributed by atoms with Gasteiger partial charge in [-0.2, -0.15) is 0 Å². The largest absolute Gasteiger partial charge is 0.504 e. The maximum Gasteiger partial charge on any atom is 0.160 e. The van der Waals surface area contributed by atoms with Crippen LogP contribution in [0.15, 0.2) is 40.9 Å². The lowest BCUT2D eigenvalue weighted by Crippen LogP contribution is -2.19. The number of ether oxygens (including phenoxy) is 1. The summed E-state index contributed by atoms with van der Waals surface area (Å²) in [5, 5.41) is 9.85. The Kier molecular flexibility index (Phi) is 3.57. The molecule has 2 aromatic rings. The highest BCUT2D eigenvalue weighted by atomic mass is 79.9. The molecular formula is C16H16BrNO2. The lowest BCUT2D eigenvalue weighted by molar-refractivity contribution is 0.373. The van der Waals surface area contributed by atoms with Gasteiger partial charge in [-0.25, -0.2) is 0 Å². The van der Waals surface area contributed by atoms with Crippen LogP contribution in [0.3, 0.4) is 0 Å². The lowest BCUT2D eigenvalue weighted by atomic mass is 10.1. The van der Waals surface area contributed by atoms with E-state index in [1.165, 1.54) is 11.3 Å². The minimum absolute atomic E-state index is 0.195. The number of hydrogen-bond acceptors (Lipinski definition) is 3. The Morgan fingerprint density at radius 2 is 2.10 bits per heavy atom. The molecule has 1 N–H and O–H groups in total. The molecule has 0 aromatic heterocycles. The molecule has 2 aromatic carbocycles. The molecule has 0 radical (unpaired) electrons. The zero-order valence-electron chi connectivity index (χ0n) is 11.3. The molecule has 4 heteroatoms. The Morgan fingerprint density at radius 3 is 2.85 bits per heavy atom. The molecule has 1 heterocycles. The Morgan fingerprint density at radius 1 is 1.25 bits per heavy atom. The standard InChI is InChI=1S/C16H16BrNO2/c1-20-16-5-2-11(8-15(16)19)10-18-7-6-12-9-13(17)3-4-14(12)18/h2-5,8-9,19H,6-7,10H2,1H3. The van der Waals surface area contributed by atoms with Crippen LogP contribution < -0.4 is 9.64 Å². The van der Waals surface area contributed by atoms with Gasteiger partial charge in [-0.1, -0.05) is 22.0 Å². The van der Waals surface area contributed by atoms with Gasteiger partial charge in [-0.05, 0) is 47.9 Å². The number of benzene rings is 2. The molecule has 0 saturated heterocycles. The van der Waals surface area contributed by atoms with Crippen LogP contribution in [0.5, 0.6) is 11.5 Å². The molecule has 0 aliphatic carbocycles. The van der Waals surface area contributed by atoms with Crippen molar-refractivity contribution in [2.24, 2.45) is 0 Å². The minimum Gasteiger partial charge on any atom is -0.504 e. The second-order valence-electron chi connectivity index (χ2n) is 4.95.